The zero-order chi connectivity index (χ0) is 31.0. The van der Waals surface area contributed by atoms with Crippen LogP contribution in [0.25, 0.3) is 11.8 Å². The zero-order valence-corrected chi connectivity index (χ0v) is 23.0. The van der Waals surface area contributed by atoms with Crippen LogP contribution >= 0.6 is 0 Å². The molecule has 0 spiro atoms. The number of guanidine groups is 1. The lowest BCUT2D eigenvalue weighted by Crippen LogP contribution is -2.40. The summed E-state index contributed by atoms with van der Waals surface area (Å²) < 4.78 is 53.1. The van der Waals surface area contributed by atoms with Crippen LogP contribution in [-0.4, -0.2) is 65.4 Å². The highest BCUT2D eigenvalue weighted by atomic mass is 19.4. The Morgan fingerprint density at radius 1 is 1.21 bits per heavy atom. The van der Waals surface area contributed by atoms with Gasteiger partial charge in [0, 0.05) is 30.0 Å². The molecule has 11 nitrogen and oxygen atoms in total. The van der Waals surface area contributed by atoms with Crippen LogP contribution in [0.5, 0.6) is 0 Å². The van der Waals surface area contributed by atoms with Gasteiger partial charge < -0.3 is 26.4 Å². The lowest BCUT2D eigenvalue weighted by molar-refractivity contribution is -0.138. The van der Waals surface area contributed by atoms with E-state index in [4.69, 9.17) is 0 Å². The number of H-pyrrole nitrogens is 1. The molecular weight excluding hydrogens is 562 g/mol. The minimum absolute atomic E-state index is 0.0306. The molecule has 0 radical (unpaired) electrons. The first kappa shape index (κ1) is 31.8. The summed E-state index contributed by atoms with van der Waals surface area (Å²) >= 11 is 0. The number of rotatable bonds is 10. The summed E-state index contributed by atoms with van der Waals surface area (Å²) in [6.07, 6.45) is -1.61. The molecule has 1 aliphatic carbocycles. The van der Waals surface area contributed by atoms with Crippen molar-refractivity contribution in [3.63, 3.8) is 0 Å². The maximum atomic E-state index is 13.3. The standard InChI is InChI=1S/C27H31F4N7O4/c1-14-6-17(8-18(7-14)27(29,30)31)21(10-24(40)41)36-23(39)13-33-25(42)16-4-5-20(19-12-35-38-22(19)9-16)37-26(32-3)34-11-15(2)28/h4,6-9,12,15,21,38H,5,10-11,13H2,1-3H3,(H,33,42)(H,36,39)(H,40,41)(H2,32,34,37). The average molecular weight is 594 g/mol. The Morgan fingerprint density at radius 3 is 2.60 bits per heavy atom. The second-order valence-electron chi connectivity index (χ2n) is 9.56. The number of amides is 2. The smallest absolute Gasteiger partial charge is 0.416 e. The van der Waals surface area contributed by atoms with E-state index in [-0.39, 0.29) is 29.7 Å². The number of fused-ring (bicyclic) bond motifs is 1. The first-order chi connectivity index (χ1) is 19.8. The average Bonchev–Trinajstić information content (AvgIpc) is 3.30. The summed E-state index contributed by atoms with van der Waals surface area (Å²) in [5.74, 6) is -2.46. The Kier molecular flexibility index (Phi) is 10.4. The lowest BCUT2D eigenvalue weighted by Gasteiger charge is -2.20. The Balaban J connectivity index is 1.72. The van der Waals surface area contributed by atoms with Gasteiger partial charge in [0.15, 0.2) is 5.96 Å². The largest absolute Gasteiger partial charge is 0.481 e. The molecule has 0 saturated carbocycles. The maximum absolute atomic E-state index is 13.3. The fourth-order valence-corrected chi connectivity index (χ4v) is 4.11. The third-order valence-electron chi connectivity index (χ3n) is 6.04. The normalized spacial score (nSPS) is 14.9. The van der Waals surface area contributed by atoms with Crippen molar-refractivity contribution in [1.29, 1.82) is 0 Å². The number of aryl methyl sites for hydroxylation is 1. The Hall–Kier alpha value is -4.69. The van der Waals surface area contributed by atoms with Crippen LogP contribution in [0, 0.1) is 6.92 Å². The molecule has 1 aromatic carbocycles. The Labute approximate surface area is 237 Å². The molecule has 2 atom stereocenters. The van der Waals surface area contributed by atoms with Crippen LogP contribution in [0.4, 0.5) is 17.6 Å². The van der Waals surface area contributed by atoms with Crippen LogP contribution in [0.1, 0.15) is 42.5 Å². The highest BCUT2D eigenvalue weighted by molar-refractivity contribution is 6.03. The molecule has 1 heterocycles. The SMILES string of the molecule is CN/C(=N\CC(C)F)NC1=c2cn[nH]c2=CC(C(=O)NCC(=O)NC(CC(=O)O)c2cc(C)cc(C(F)(F)F)c2)=CC1. The maximum Gasteiger partial charge on any atom is 0.416 e. The van der Waals surface area contributed by atoms with Crippen molar-refractivity contribution in [2.45, 2.75) is 45.1 Å². The van der Waals surface area contributed by atoms with Gasteiger partial charge in [-0.3, -0.25) is 24.5 Å². The van der Waals surface area contributed by atoms with E-state index in [2.05, 4.69) is 36.5 Å². The van der Waals surface area contributed by atoms with E-state index in [1.807, 2.05) is 0 Å². The van der Waals surface area contributed by atoms with Gasteiger partial charge in [0.25, 0.3) is 5.91 Å². The molecule has 15 heteroatoms. The molecule has 0 aliphatic heterocycles. The third kappa shape index (κ3) is 8.91. The predicted molar refractivity (Wildman–Crippen MR) is 146 cm³/mol. The topological polar surface area (TPSA) is 161 Å². The first-order valence-electron chi connectivity index (χ1n) is 12.8. The van der Waals surface area contributed by atoms with E-state index in [1.54, 1.807) is 19.3 Å². The number of benzene rings is 1. The van der Waals surface area contributed by atoms with Crippen molar-refractivity contribution >= 4 is 35.5 Å². The van der Waals surface area contributed by atoms with Crippen molar-refractivity contribution < 1.29 is 37.1 Å². The molecule has 1 aromatic heterocycles. The fourth-order valence-electron chi connectivity index (χ4n) is 4.11. The summed E-state index contributed by atoms with van der Waals surface area (Å²) in [7, 11) is 1.61. The quantitative estimate of drug-likeness (QED) is 0.136. The number of aliphatic imine (C=N–C) groups is 1. The van der Waals surface area contributed by atoms with Crippen molar-refractivity contribution in [1.82, 2.24) is 31.5 Å². The molecule has 3 rings (SSSR count). The van der Waals surface area contributed by atoms with Gasteiger partial charge in [0.05, 0.1) is 42.7 Å². The van der Waals surface area contributed by atoms with E-state index in [1.165, 1.54) is 26.0 Å². The number of nitrogens with zero attached hydrogens (tertiary/aromatic N) is 2. The van der Waals surface area contributed by atoms with Crippen molar-refractivity contribution in [2.24, 2.45) is 4.99 Å². The Bertz CT molecular complexity index is 1510. The van der Waals surface area contributed by atoms with Crippen molar-refractivity contribution in [3.05, 3.63) is 63.3 Å². The molecular formula is C27H31F4N7O4. The van der Waals surface area contributed by atoms with Crippen molar-refractivity contribution in [2.75, 3.05) is 20.1 Å². The van der Waals surface area contributed by atoms with Gasteiger partial charge in [-0.1, -0.05) is 17.7 Å². The monoisotopic (exact) mass is 593 g/mol. The van der Waals surface area contributed by atoms with Gasteiger partial charge in [-0.05, 0) is 37.6 Å². The number of carboxylic acid groups (broad SMARTS) is 1. The molecule has 6 N–H and O–H groups in total. The fraction of sp³-hybridized carbons (Fsp3) is 0.370. The second kappa shape index (κ2) is 13.8. The van der Waals surface area contributed by atoms with Crippen LogP contribution in [0.3, 0.4) is 0 Å². The van der Waals surface area contributed by atoms with Crippen LogP contribution in [0.2, 0.25) is 0 Å². The number of carbonyl (C=O) groups excluding carboxylic acids is 2. The number of hydrogen-bond donors (Lipinski definition) is 6. The van der Waals surface area contributed by atoms with Gasteiger partial charge in [-0.25, -0.2) is 4.39 Å². The van der Waals surface area contributed by atoms with E-state index in [0.717, 1.165) is 12.1 Å². The molecule has 2 amide bonds. The van der Waals surface area contributed by atoms with E-state index < -0.39 is 54.7 Å². The van der Waals surface area contributed by atoms with Gasteiger partial charge >= 0.3 is 12.1 Å². The van der Waals surface area contributed by atoms with E-state index >= 15 is 0 Å². The highest BCUT2D eigenvalue weighted by Gasteiger charge is 2.32. The number of aliphatic carboxylic acids is 1. The summed E-state index contributed by atoms with van der Waals surface area (Å²) in [4.78, 5) is 41.1. The van der Waals surface area contributed by atoms with Crippen LogP contribution < -0.4 is 31.8 Å². The minimum Gasteiger partial charge on any atom is -0.481 e. The number of halogens is 4. The molecule has 42 heavy (non-hydrogen) atoms. The molecule has 226 valence electrons. The highest BCUT2D eigenvalue weighted by Crippen LogP contribution is 2.32. The number of aromatic nitrogens is 2. The van der Waals surface area contributed by atoms with Gasteiger partial charge in [0.1, 0.15) is 6.17 Å². The van der Waals surface area contributed by atoms with Gasteiger partial charge in [-0.15, -0.1) is 0 Å². The third-order valence-corrected chi connectivity index (χ3v) is 6.04. The summed E-state index contributed by atoms with van der Waals surface area (Å²) in [5.41, 5.74) is 0.0313. The van der Waals surface area contributed by atoms with Crippen molar-refractivity contribution in [3.8, 4) is 0 Å². The number of alkyl halides is 4. The molecule has 1 aliphatic rings. The number of hydrogen-bond acceptors (Lipinski definition) is 5. The second-order valence-corrected chi connectivity index (χ2v) is 9.56. The summed E-state index contributed by atoms with van der Waals surface area (Å²) in [6, 6.07) is 1.80. The number of nitrogens with one attached hydrogen (secondary N) is 5. The lowest BCUT2D eigenvalue weighted by atomic mass is 9.98. The van der Waals surface area contributed by atoms with Gasteiger partial charge in [0.2, 0.25) is 5.91 Å². The zero-order valence-electron chi connectivity index (χ0n) is 23.0. The number of carbonyl (C=O) groups is 3. The molecule has 0 saturated heterocycles. The van der Waals surface area contributed by atoms with E-state index in [9.17, 15) is 37.1 Å². The first-order valence-corrected chi connectivity index (χ1v) is 12.8. The van der Waals surface area contributed by atoms with Crippen LogP contribution in [0.15, 0.2) is 41.0 Å². The molecule has 2 aromatic rings. The molecule has 0 fully saturated rings. The van der Waals surface area contributed by atoms with E-state index in [0.29, 0.717) is 22.2 Å². The molecule has 2 unspecified atom stereocenters. The Morgan fingerprint density at radius 2 is 1.95 bits per heavy atom. The minimum atomic E-state index is -4.66. The number of aromatic amines is 1. The van der Waals surface area contributed by atoms with Gasteiger partial charge in [-0.2, -0.15) is 18.3 Å². The van der Waals surface area contributed by atoms with Crippen LogP contribution in [-0.2, 0) is 20.6 Å². The number of carboxylic acids is 1. The molecule has 0 bridgehead atoms. The predicted octanol–water partition coefficient (Wildman–Crippen LogP) is 0.927. The summed E-state index contributed by atoms with van der Waals surface area (Å²) in [5, 5.41) is 27.9. The summed E-state index contributed by atoms with van der Waals surface area (Å²) in [6.45, 7) is 2.18.